The van der Waals surface area contributed by atoms with Crippen LogP contribution in [-0.2, 0) is 28.6 Å². The number of esters is 3. The third-order valence-electron chi connectivity index (χ3n) is 13.5. The van der Waals surface area contributed by atoms with Crippen LogP contribution in [0.25, 0.3) is 0 Å². The highest BCUT2D eigenvalue weighted by Gasteiger charge is 2.19. The second kappa shape index (κ2) is 59.7. The largest absolute Gasteiger partial charge is 0.462 e. The van der Waals surface area contributed by atoms with E-state index in [9.17, 15) is 14.4 Å². The minimum Gasteiger partial charge on any atom is -0.462 e. The van der Waals surface area contributed by atoms with Crippen molar-refractivity contribution in [2.24, 2.45) is 0 Å². The Kier molecular flexibility index (Phi) is 57.2. The van der Waals surface area contributed by atoms with Gasteiger partial charge in [0.25, 0.3) is 0 Å². The molecule has 0 aromatic carbocycles. The van der Waals surface area contributed by atoms with Crippen molar-refractivity contribution < 1.29 is 28.6 Å². The first-order valence-electron chi connectivity index (χ1n) is 30.8. The second-order valence-corrected chi connectivity index (χ2v) is 20.6. The monoisotopic (exact) mass is 993 g/mol. The summed E-state index contributed by atoms with van der Waals surface area (Å²) in [5.74, 6) is -0.898. The third kappa shape index (κ3) is 57.9. The normalized spacial score (nSPS) is 12.4. The minimum atomic E-state index is -0.785. The predicted octanol–water partition coefficient (Wildman–Crippen LogP) is 20.8. The number of carbonyl (C=O) groups excluding carboxylic acids is 3. The van der Waals surface area contributed by atoms with Crippen LogP contribution in [0.3, 0.4) is 0 Å². The van der Waals surface area contributed by atoms with Crippen LogP contribution in [-0.4, -0.2) is 37.2 Å². The fraction of sp³-hybridized carbons (Fsp3) is 0.800. The van der Waals surface area contributed by atoms with E-state index in [0.29, 0.717) is 19.3 Å². The standard InChI is InChI=1S/C65H116O6/c1-4-7-10-13-16-19-22-24-26-27-28-29-30-31-32-33-34-35-36-37-39-40-43-46-49-52-55-58-64(67)70-61-62(60-69-63(66)57-54-51-48-45-42-21-18-15-12-9-6-3)71-65(68)59-56-53-50-47-44-41-38-25-23-20-17-14-11-8-5-2/h8,11,15,17-18,20,25,27-28,38,62H,4-7,9-10,12-14,16,19,21-24,26,29-37,39-61H2,1-3H3/b11-8-,18-15-,20-17-,28-27-,38-25-. The quantitative estimate of drug-likeness (QED) is 0.0261. The van der Waals surface area contributed by atoms with Crippen LogP contribution in [0.5, 0.6) is 0 Å². The molecule has 0 rings (SSSR count). The van der Waals surface area contributed by atoms with E-state index in [4.69, 9.17) is 14.2 Å². The van der Waals surface area contributed by atoms with Gasteiger partial charge < -0.3 is 14.2 Å². The number of hydrogen-bond donors (Lipinski definition) is 0. The van der Waals surface area contributed by atoms with Crippen LogP contribution in [0.1, 0.15) is 316 Å². The summed E-state index contributed by atoms with van der Waals surface area (Å²) in [6.45, 7) is 6.50. The first-order valence-corrected chi connectivity index (χ1v) is 30.8. The average molecular weight is 994 g/mol. The van der Waals surface area contributed by atoms with E-state index in [1.54, 1.807) is 0 Å². The molecule has 6 nitrogen and oxygen atoms in total. The molecule has 0 saturated carbocycles. The molecule has 1 atom stereocenters. The van der Waals surface area contributed by atoms with Gasteiger partial charge in [0.15, 0.2) is 6.10 Å². The molecule has 0 saturated heterocycles. The number of unbranched alkanes of at least 4 members (excludes halogenated alkanes) is 35. The fourth-order valence-electron chi connectivity index (χ4n) is 8.85. The number of ether oxygens (including phenoxy) is 3. The Balaban J connectivity index is 4.19. The lowest BCUT2D eigenvalue weighted by molar-refractivity contribution is -0.167. The molecule has 0 fully saturated rings. The molecule has 412 valence electrons. The van der Waals surface area contributed by atoms with Crippen LogP contribution in [0.15, 0.2) is 60.8 Å². The summed E-state index contributed by atoms with van der Waals surface area (Å²) in [6.07, 6.45) is 75.3. The van der Waals surface area contributed by atoms with E-state index >= 15 is 0 Å². The molecule has 0 aromatic heterocycles. The highest BCUT2D eigenvalue weighted by molar-refractivity contribution is 5.71. The smallest absolute Gasteiger partial charge is 0.306 e. The van der Waals surface area contributed by atoms with E-state index in [0.717, 1.165) is 103 Å². The average Bonchev–Trinajstić information content (AvgIpc) is 3.37. The SMILES string of the molecule is CC/C=C\C/C=C\C/C=C\CCCCCCCC(=O)OC(COC(=O)CCCCCCC/C=C\CCCC)COC(=O)CCCCCCCCCCCCCCCCC/C=C\CCCCCCCCCC. The van der Waals surface area contributed by atoms with Crippen molar-refractivity contribution in [1.29, 1.82) is 0 Å². The molecule has 0 aliphatic carbocycles. The van der Waals surface area contributed by atoms with Crippen LogP contribution in [0.4, 0.5) is 0 Å². The molecule has 1 unspecified atom stereocenters. The Bertz CT molecular complexity index is 1280. The van der Waals surface area contributed by atoms with Gasteiger partial charge in [0.2, 0.25) is 0 Å². The van der Waals surface area contributed by atoms with E-state index in [1.165, 1.54) is 173 Å². The molecule has 71 heavy (non-hydrogen) atoms. The van der Waals surface area contributed by atoms with Gasteiger partial charge in [0.05, 0.1) is 0 Å². The van der Waals surface area contributed by atoms with Crippen molar-refractivity contribution in [2.45, 2.75) is 322 Å². The Labute approximate surface area is 440 Å². The Morgan fingerprint density at radius 3 is 0.915 bits per heavy atom. The van der Waals surface area contributed by atoms with Gasteiger partial charge in [-0.05, 0) is 96.3 Å². The molecule has 6 heteroatoms. The van der Waals surface area contributed by atoms with Gasteiger partial charge in [0, 0.05) is 19.3 Å². The third-order valence-corrected chi connectivity index (χ3v) is 13.5. The molecule has 0 aliphatic rings. The lowest BCUT2D eigenvalue weighted by atomic mass is 10.0. The van der Waals surface area contributed by atoms with Gasteiger partial charge in [-0.25, -0.2) is 0 Å². The summed E-state index contributed by atoms with van der Waals surface area (Å²) in [5, 5.41) is 0. The number of hydrogen-bond acceptors (Lipinski definition) is 6. The molecular formula is C65H116O6. The summed E-state index contributed by atoms with van der Waals surface area (Å²) in [7, 11) is 0. The maximum absolute atomic E-state index is 12.8. The van der Waals surface area contributed by atoms with Gasteiger partial charge in [0.1, 0.15) is 13.2 Å². The van der Waals surface area contributed by atoms with Gasteiger partial charge in [-0.2, -0.15) is 0 Å². The van der Waals surface area contributed by atoms with Crippen molar-refractivity contribution in [3.05, 3.63) is 60.8 Å². The van der Waals surface area contributed by atoms with Crippen LogP contribution in [0, 0.1) is 0 Å². The van der Waals surface area contributed by atoms with Gasteiger partial charge in [-0.3, -0.25) is 14.4 Å². The molecule has 0 aromatic rings. The van der Waals surface area contributed by atoms with E-state index in [2.05, 4.69) is 81.5 Å². The number of rotatable bonds is 56. The molecule has 0 amide bonds. The highest BCUT2D eigenvalue weighted by Crippen LogP contribution is 2.17. The van der Waals surface area contributed by atoms with E-state index in [1.807, 2.05) is 0 Å². The molecule has 0 bridgehead atoms. The van der Waals surface area contributed by atoms with Crippen molar-refractivity contribution in [3.63, 3.8) is 0 Å². The Morgan fingerprint density at radius 1 is 0.296 bits per heavy atom. The molecule has 0 N–H and O–H groups in total. The van der Waals surface area contributed by atoms with Crippen molar-refractivity contribution in [2.75, 3.05) is 13.2 Å². The zero-order valence-corrected chi connectivity index (χ0v) is 47.2. The Morgan fingerprint density at radius 2 is 0.563 bits per heavy atom. The minimum absolute atomic E-state index is 0.0821. The molecule has 0 heterocycles. The second-order valence-electron chi connectivity index (χ2n) is 20.6. The zero-order valence-electron chi connectivity index (χ0n) is 47.2. The van der Waals surface area contributed by atoms with Gasteiger partial charge >= 0.3 is 17.9 Å². The lowest BCUT2D eigenvalue weighted by Crippen LogP contribution is -2.30. The summed E-state index contributed by atoms with van der Waals surface area (Å²) < 4.78 is 16.8. The maximum atomic E-state index is 12.8. The molecule has 0 radical (unpaired) electrons. The molecular weight excluding hydrogens is 877 g/mol. The van der Waals surface area contributed by atoms with Crippen LogP contribution < -0.4 is 0 Å². The number of allylic oxidation sites excluding steroid dienone is 10. The van der Waals surface area contributed by atoms with E-state index < -0.39 is 6.10 Å². The topological polar surface area (TPSA) is 78.9 Å². The van der Waals surface area contributed by atoms with Crippen molar-refractivity contribution in [3.8, 4) is 0 Å². The van der Waals surface area contributed by atoms with Crippen molar-refractivity contribution >= 4 is 17.9 Å². The highest BCUT2D eigenvalue weighted by atomic mass is 16.6. The lowest BCUT2D eigenvalue weighted by Gasteiger charge is -2.18. The Hall–Kier alpha value is -2.89. The molecule has 0 aliphatic heterocycles. The maximum Gasteiger partial charge on any atom is 0.306 e. The van der Waals surface area contributed by atoms with Crippen LogP contribution >= 0.6 is 0 Å². The predicted molar refractivity (Wildman–Crippen MR) is 307 cm³/mol. The summed E-state index contributed by atoms with van der Waals surface area (Å²) in [4.78, 5) is 38.1. The van der Waals surface area contributed by atoms with Gasteiger partial charge in [-0.15, -0.1) is 0 Å². The molecule has 0 spiro atoms. The first kappa shape index (κ1) is 68.1. The van der Waals surface area contributed by atoms with E-state index in [-0.39, 0.29) is 31.1 Å². The summed E-state index contributed by atoms with van der Waals surface area (Å²) in [6, 6.07) is 0. The fourth-order valence-corrected chi connectivity index (χ4v) is 8.85. The summed E-state index contributed by atoms with van der Waals surface area (Å²) in [5.41, 5.74) is 0. The van der Waals surface area contributed by atoms with Crippen LogP contribution in [0.2, 0.25) is 0 Å². The first-order chi connectivity index (χ1) is 35.0. The zero-order chi connectivity index (χ0) is 51.4. The number of carbonyl (C=O) groups is 3. The van der Waals surface area contributed by atoms with Crippen molar-refractivity contribution in [1.82, 2.24) is 0 Å². The van der Waals surface area contributed by atoms with Gasteiger partial charge in [-0.1, -0.05) is 261 Å². The summed E-state index contributed by atoms with van der Waals surface area (Å²) >= 11 is 0.